The van der Waals surface area contributed by atoms with E-state index < -0.39 is 34.5 Å². The molecule has 2 rings (SSSR count). The van der Waals surface area contributed by atoms with Gasteiger partial charge in [-0.15, -0.1) is 0 Å². The minimum Gasteiger partial charge on any atom is -0.452 e. The quantitative estimate of drug-likeness (QED) is 0.635. The van der Waals surface area contributed by atoms with Gasteiger partial charge in [-0.25, -0.2) is 8.42 Å². The number of nitriles is 1. The van der Waals surface area contributed by atoms with E-state index in [-0.39, 0.29) is 4.90 Å². The summed E-state index contributed by atoms with van der Waals surface area (Å²) in [7, 11) is -3.95. The van der Waals surface area contributed by atoms with E-state index in [2.05, 4.69) is 10.0 Å². The Kier molecular flexibility index (Phi) is 7.47. The molecule has 2 aromatic rings. The molecule has 0 aliphatic heterocycles. The largest absolute Gasteiger partial charge is 0.452 e. The number of ether oxygens (including phenoxy) is 1. The minimum atomic E-state index is -3.95. The Hall–Kier alpha value is -3.22. The van der Waals surface area contributed by atoms with Crippen LogP contribution in [0.4, 0.5) is 5.69 Å². The van der Waals surface area contributed by atoms with Gasteiger partial charge in [-0.2, -0.15) is 9.98 Å². The molecule has 0 saturated carbocycles. The summed E-state index contributed by atoms with van der Waals surface area (Å²) in [5.74, 6) is -1.43. The van der Waals surface area contributed by atoms with Crippen LogP contribution in [0.2, 0.25) is 0 Å². The van der Waals surface area contributed by atoms with Crippen molar-refractivity contribution < 1.29 is 22.7 Å². The summed E-state index contributed by atoms with van der Waals surface area (Å²) in [4.78, 5) is 23.9. The lowest BCUT2D eigenvalue weighted by molar-refractivity contribution is -0.151. The van der Waals surface area contributed by atoms with E-state index in [1.807, 2.05) is 25.1 Å². The van der Waals surface area contributed by atoms with Gasteiger partial charge in [0.2, 0.25) is 10.0 Å². The minimum absolute atomic E-state index is 0.0920. The van der Waals surface area contributed by atoms with Crippen molar-refractivity contribution in [2.75, 3.05) is 11.9 Å². The van der Waals surface area contributed by atoms with Gasteiger partial charge < -0.3 is 10.1 Å². The van der Waals surface area contributed by atoms with Gasteiger partial charge in [0.1, 0.15) is 6.54 Å². The number of esters is 1. The first kappa shape index (κ1) is 22.1. The molecule has 0 radical (unpaired) electrons. The van der Waals surface area contributed by atoms with Crippen LogP contribution in [0.1, 0.15) is 25.0 Å². The fourth-order valence-electron chi connectivity index (χ4n) is 2.31. The molecule has 8 nitrogen and oxygen atoms in total. The van der Waals surface area contributed by atoms with E-state index in [4.69, 9.17) is 10.00 Å². The molecule has 2 aromatic carbocycles. The first-order valence-corrected chi connectivity index (χ1v) is 10.3. The van der Waals surface area contributed by atoms with E-state index in [0.717, 1.165) is 12.0 Å². The van der Waals surface area contributed by atoms with Gasteiger partial charge in [-0.1, -0.05) is 19.1 Å². The summed E-state index contributed by atoms with van der Waals surface area (Å²) < 4.78 is 31.4. The smallest absolute Gasteiger partial charge is 0.321 e. The van der Waals surface area contributed by atoms with Crippen molar-refractivity contribution in [2.45, 2.75) is 31.3 Å². The second-order valence-corrected chi connectivity index (χ2v) is 7.90. The number of rotatable bonds is 8. The molecule has 0 fully saturated rings. The number of carbonyl (C=O) groups excluding carboxylic acids is 2. The van der Waals surface area contributed by atoms with Crippen LogP contribution >= 0.6 is 0 Å². The van der Waals surface area contributed by atoms with E-state index in [1.54, 1.807) is 12.1 Å². The summed E-state index contributed by atoms with van der Waals surface area (Å²) >= 11 is 0. The predicted octanol–water partition coefficient (Wildman–Crippen LogP) is 1.97. The lowest BCUT2D eigenvalue weighted by atomic mass is 10.1. The average Bonchev–Trinajstić information content (AvgIpc) is 2.73. The van der Waals surface area contributed by atoms with Gasteiger partial charge in [0, 0.05) is 5.69 Å². The zero-order chi connectivity index (χ0) is 21.4. The highest BCUT2D eigenvalue weighted by Gasteiger charge is 2.20. The lowest BCUT2D eigenvalue weighted by Crippen LogP contribution is -2.35. The highest BCUT2D eigenvalue weighted by molar-refractivity contribution is 7.89. The summed E-state index contributed by atoms with van der Waals surface area (Å²) in [5, 5.41) is 11.4. The van der Waals surface area contributed by atoms with Crippen LogP contribution in [-0.2, 0) is 30.8 Å². The molecule has 1 atom stereocenters. The number of sulfonamides is 1. The molecule has 152 valence electrons. The van der Waals surface area contributed by atoms with Crippen molar-refractivity contribution in [1.82, 2.24) is 4.72 Å². The molecule has 9 heteroatoms. The van der Waals surface area contributed by atoms with Crippen LogP contribution in [0.5, 0.6) is 0 Å². The van der Waals surface area contributed by atoms with E-state index in [0.29, 0.717) is 11.3 Å². The molecule has 0 saturated heterocycles. The number of nitrogens with zero attached hydrogens (tertiary/aromatic N) is 1. The van der Waals surface area contributed by atoms with Crippen molar-refractivity contribution in [1.29, 1.82) is 5.26 Å². The van der Waals surface area contributed by atoms with Crippen molar-refractivity contribution in [3.63, 3.8) is 0 Å². The normalized spacial score (nSPS) is 11.9. The molecule has 0 aromatic heterocycles. The second-order valence-electron chi connectivity index (χ2n) is 6.13. The third-order valence-corrected chi connectivity index (χ3v) is 5.42. The van der Waals surface area contributed by atoms with Crippen LogP contribution < -0.4 is 10.0 Å². The van der Waals surface area contributed by atoms with Crippen LogP contribution in [0.15, 0.2) is 53.4 Å². The number of carbonyl (C=O) groups is 2. The average molecular weight is 415 g/mol. The third kappa shape index (κ3) is 6.41. The fraction of sp³-hybridized carbons (Fsp3) is 0.250. The summed E-state index contributed by atoms with van der Waals surface area (Å²) in [6.45, 7) is 2.78. The number of hydrogen-bond donors (Lipinski definition) is 2. The van der Waals surface area contributed by atoms with Crippen molar-refractivity contribution >= 4 is 27.6 Å². The zero-order valence-corrected chi connectivity index (χ0v) is 16.8. The Morgan fingerprint density at radius 2 is 1.72 bits per heavy atom. The highest BCUT2D eigenvalue weighted by atomic mass is 32.2. The molecule has 0 spiro atoms. The van der Waals surface area contributed by atoms with E-state index in [1.165, 1.54) is 31.2 Å². The Morgan fingerprint density at radius 1 is 1.10 bits per heavy atom. The molecule has 1 amide bonds. The van der Waals surface area contributed by atoms with Gasteiger partial charge in [-0.05, 0) is 55.3 Å². The monoisotopic (exact) mass is 415 g/mol. The van der Waals surface area contributed by atoms with E-state index in [9.17, 15) is 18.0 Å². The number of amides is 1. The second kappa shape index (κ2) is 9.82. The first-order valence-electron chi connectivity index (χ1n) is 8.84. The van der Waals surface area contributed by atoms with Gasteiger partial charge in [0.15, 0.2) is 6.10 Å². The lowest BCUT2D eigenvalue weighted by Gasteiger charge is -2.14. The van der Waals surface area contributed by atoms with Crippen molar-refractivity contribution in [3.05, 3.63) is 59.7 Å². The molecule has 29 heavy (non-hydrogen) atoms. The maximum absolute atomic E-state index is 12.2. The molecule has 0 heterocycles. The van der Waals surface area contributed by atoms with Crippen LogP contribution in [0, 0.1) is 11.3 Å². The molecule has 0 aliphatic carbocycles. The number of benzene rings is 2. The first-order chi connectivity index (χ1) is 13.7. The third-order valence-electron chi connectivity index (χ3n) is 4.01. The Bertz CT molecular complexity index is 1010. The van der Waals surface area contributed by atoms with Crippen molar-refractivity contribution in [2.24, 2.45) is 0 Å². The SMILES string of the molecule is CCc1ccc(NC(=O)C(C)OC(=O)CNS(=O)(=O)c2ccc(C#N)cc2)cc1. The van der Waals surface area contributed by atoms with Crippen LogP contribution in [-0.4, -0.2) is 32.9 Å². The Morgan fingerprint density at radius 3 is 2.28 bits per heavy atom. The molecule has 1 unspecified atom stereocenters. The Balaban J connectivity index is 1.86. The molecule has 2 N–H and O–H groups in total. The fourth-order valence-corrected chi connectivity index (χ4v) is 3.27. The number of anilines is 1. The topological polar surface area (TPSA) is 125 Å². The molecule has 0 aliphatic rings. The Labute approximate surface area is 169 Å². The van der Waals surface area contributed by atoms with Gasteiger partial charge in [-0.3, -0.25) is 9.59 Å². The maximum Gasteiger partial charge on any atom is 0.321 e. The molecular formula is C20H21N3O5S. The predicted molar refractivity (Wildman–Crippen MR) is 106 cm³/mol. The standard InChI is InChI=1S/C20H21N3O5S/c1-3-15-4-8-17(9-5-15)23-20(25)14(2)28-19(24)13-22-29(26,27)18-10-6-16(12-21)7-11-18/h4-11,14,22H,3,13H2,1-2H3,(H,23,25). The van der Waals surface area contributed by atoms with Gasteiger partial charge in [0.25, 0.3) is 5.91 Å². The number of aryl methyl sites for hydroxylation is 1. The molecular weight excluding hydrogens is 394 g/mol. The summed E-state index contributed by atoms with van der Waals surface area (Å²) in [6, 6.07) is 14.4. The maximum atomic E-state index is 12.2. The zero-order valence-electron chi connectivity index (χ0n) is 16.0. The summed E-state index contributed by atoms with van der Waals surface area (Å²) in [5.41, 5.74) is 2.00. The van der Waals surface area contributed by atoms with Crippen molar-refractivity contribution in [3.8, 4) is 6.07 Å². The van der Waals surface area contributed by atoms with E-state index >= 15 is 0 Å². The van der Waals surface area contributed by atoms with Crippen LogP contribution in [0.25, 0.3) is 0 Å². The highest BCUT2D eigenvalue weighted by Crippen LogP contribution is 2.12. The van der Waals surface area contributed by atoms with Gasteiger partial charge >= 0.3 is 5.97 Å². The van der Waals surface area contributed by atoms with Crippen LogP contribution in [0.3, 0.4) is 0 Å². The summed E-state index contributed by atoms with van der Waals surface area (Å²) in [6.07, 6.45) is -0.228. The number of hydrogen-bond acceptors (Lipinski definition) is 6. The van der Waals surface area contributed by atoms with Gasteiger partial charge in [0.05, 0.1) is 16.5 Å². The molecule has 0 bridgehead atoms. The number of nitrogens with one attached hydrogen (secondary N) is 2.